The van der Waals surface area contributed by atoms with Crippen LogP contribution in [0.25, 0.3) is 0 Å². The van der Waals surface area contributed by atoms with Crippen LogP contribution in [0, 0.1) is 0 Å². The fourth-order valence-electron chi connectivity index (χ4n) is 2.39. The third-order valence-corrected chi connectivity index (χ3v) is 3.43. The number of phenolic OH excluding ortho intramolecular Hbond substituents is 1. The number of nitrogens with one attached hydrogen (secondary N) is 1. The molecule has 0 bridgehead atoms. The van der Waals surface area contributed by atoms with Crippen molar-refractivity contribution < 1.29 is 19.4 Å². The number of phenols is 1. The van der Waals surface area contributed by atoms with Gasteiger partial charge < -0.3 is 24.8 Å². The van der Waals surface area contributed by atoms with Crippen molar-refractivity contribution in [2.45, 2.75) is 32.4 Å². The number of benzene rings is 1. The average molecular weight is 308 g/mol. The number of carbonyl (C=O) groups excluding carboxylic acids is 1. The van der Waals surface area contributed by atoms with Gasteiger partial charge >= 0.3 is 6.09 Å². The summed E-state index contributed by atoms with van der Waals surface area (Å²) in [5, 5.41) is 13.2. The van der Waals surface area contributed by atoms with E-state index in [4.69, 9.17) is 9.47 Å². The lowest BCUT2D eigenvalue weighted by Crippen LogP contribution is -2.49. The summed E-state index contributed by atoms with van der Waals surface area (Å²) in [6.07, 6.45) is -0.309. The molecule has 22 heavy (non-hydrogen) atoms. The first-order chi connectivity index (χ1) is 10.3. The van der Waals surface area contributed by atoms with Gasteiger partial charge in [-0.15, -0.1) is 0 Å². The van der Waals surface area contributed by atoms with Gasteiger partial charge in [0.1, 0.15) is 5.60 Å². The van der Waals surface area contributed by atoms with Crippen LogP contribution in [0.5, 0.6) is 11.5 Å². The third kappa shape index (κ3) is 4.04. The second-order valence-electron chi connectivity index (χ2n) is 6.36. The largest absolute Gasteiger partial charge is 0.504 e. The minimum atomic E-state index is -0.504. The Morgan fingerprint density at radius 1 is 1.41 bits per heavy atom. The third-order valence-electron chi connectivity index (χ3n) is 3.43. The molecule has 2 N–H and O–H groups in total. The van der Waals surface area contributed by atoms with Gasteiger partial charge in [-0.25, -0.2) is 4.79 Å². The number of carbonyl (C=O) groups is 1. The van der Waals surface area contributed by atoms with Crippen molar-refractivity contribution in [3.05, 3.63) is 23.8 Å². The minimum absolute atomic E-state index is 0.0434. The maximum Gasteiger partial charge on any atom is 0.410 e. The quantitative estimate of drug-likeness (QED) is 0.877. The molecule has 0 radical (unpaired) electrons. The van der Waals surface area contributed by atoms with Gasteiger partial charge in [-0.2, -0.15) is 0 Å². The Balaban J connectivity index is 2.07. The Bertz CT molecular complexity index is 539. The van der Waals surface area contributed by atoms with Crippen LogP contribution in [0.3, 0.4) is 0 Å². The Hall–Kier alpha value is -1.95. The van der Waals surface area contributed by atoms with Crippen molar-refractivity contribution in [2.24, 2.45) is 0 Å². The first kappa shape index (κ1) is 16.4. The highest BCUT2D eigenvalue weighted by Gasteiger charge is 2.28. The summed E-state index contributed by atoms with van der Waals surface area (Å²) in [6.45, 7) is 7.34. The smallest absolute Gasteiger partial charge is 0.410 e. The second-order valence-corrected chi connectivity index (χ2v) is 6.36. The number of hydrogen-bond acceptors (Lipinski definition) is 5. The Labute approximate surface area is 131 Å². The van der Waals surface area contributed by atoms with Gasteiger partial charge in [0.25, 0.3) is 0 Å². The molecule has 0 spiro atoms. The fraction of sp³-hybridized carbons (Fsp3) is 0.562. The highest BCUT2D eigenvalue weighted by atomic mass is 16.6. The molecule has 1 aromatic rings. The number of piperazine rings is 1. The number of rotatable bonds is 2. The van der Waals surface area contributed by atoms with E-state index >= 15 is 0 Å². The molecule has 0 saturated carbocycles. The summed E-state index contributed by atoms with van der Waals surface area (Å²) in [7, 11) is 1.51. The number of ether oxygens (including phenoxy) is 2. The van der Waals surface area contributed by atoms with Gasteiger partial charge in [0.2, 0.25) is 0 Å². The summed E-state index contributed by atoms with van der Waals surface area (Å²) >= 11 is 0. The normalized spacial score (nSPS) is 18.9. The SMILES string of the molecule is COc1ccc(C2CN(C(=O)OC(C)(C)C)CCN2)cc1O. The standard InChI is InChI=1S/C16H24N2O4/c1-16(2,3)22-15(20)18-8-7-17-12(10-18)11-5-6-14(21-4)13(19)9-11/h5-6,9,12,17,19H,7-8,10H2,1-4H3. The van der Waals surface area contributed by atoms with E-state index in [0.29, 0.717) is 25.4 Å². The van der Waals surface area contributed by atoms with Crippen LogP contribution in [-0.4, -0.2) is 48.4 Å². The molecule has 1 saturated heterocycles. The fourth-order valence-corrected chi connectivity index (χ4v) is 2.39. The van der Waals surface area contributed by atoms with Gasteiger partial charge in [-0.1, -0.05) is 6.07 Å². The first-order valence-electron chi connectivity index (χ1n) is 7.38. The van der Waals surface area contributed by atoms with Gasteiger partial charge in [-0.05, 0) is 38.5 Å². The van der Waals surface area contributed by atoms with Gasteiger partial charge in [0.05, 0.1) is 13.2 Å². The molecular weight excluding hydrogens is 284 g/mol. The number of hydrogen-bond donors (Lipinski definition) is 2. The molecule has 2 rings (SSSR count). The van der Waals surface area contributed by atoms with E-state index < -0.39 is 5.60 Å². The summed E-state index contributed by atoms with van der Waals surface area (Å²) in [5.41, 5.74) is 0.405. The Kier molecular flexibility index (Phi) is 4.81. The lowest BCUT2D eigenvalue weighted by Gasteiger charge is -2.35. The highest BCUT2D eigenvalue weighted by Crippen LogP contribution is 2.30. The Morgan fingerprint density at radius 3 is 2.73 bits per heavy atom. The highest BCUT2D eigenvalue weighted by molar-refractivity contribution is 5.68. The maximum absolute atomic E-state index is 12.2. The van der Waals surface area contributed by atoms with Crippen molar-refractivity contribution in [3.8, 4) is 11.5 Å². The predicted molar refractivity (Wildman–Crippen MR) is 83.2 cm³/mol. The molecule has 6 nitrogen and oxygen atoms in total. The molecule has 1 unspecified atom stereocenters. The van der Waals surface area contributed by atoms with Crippen molar-refractivity contribution in [1.82, 2.24) is 10.2 Å². The van der Waals surface area contributed by atoms with Gasteiger partial charge in [0, 0.05) is 19.6 Å². The van der Waals surface area contributed by atoms with Crippen LogP contribution < -0.4 is 10.1 Å². The van der Waals surface area contributed by atoms with E-state index in [1.807, 2.05) is 26.8 Å². The minimum Gasteiger partial charge on any atom is -0.504 e. The van der Waals surface area contributed by atoms with E-state index in [1.54, 1.807) is 17.0 Å². The van der Waals surface area contributed by atoms with Crippen molar-refractivity contribution in [1.29, 1.82) is 0 Å². The first-order valence-corrected chi connectivity index (χ1v) is 7.38. The molecule has 1 aliphatic rings. The van der Waals surface area contributed by atoms with Gasteiger partial charge in [0.15, 0.2) is 11.5 Å². The lowest BCUT2D eigenvalue weighted by molar-refractivity contribution is 0.0195. The summed E-state index contributed by atoms with van der Waals surface area (Å²) in [5.74, 6) is 0.528. The van der Waals surface area contributed by atoms with E-state index in [2.05, 4.69) is 5.32 Å². The molecule has 6 heteroatoms. The van der Waals surface area contributed by atoms with Crippen LogP contribution in [-0.2, 0) is 4.74 Å². The molecule has 1 heterocycles. The zero-order valence-corrected chi connectivity index (χ0v) is 13.5. The summed E-state index contributed by atoms with van der Waals surface area (Å²) in [4.78, 5) is 13.9. The molecule has 1 amide bonds. The summed E-state index contributed by atoms with van der Waals surface area (Å²) in [6, 6.07) is 5.22. The molecule has 1 aliphatic heterocycles. The molecule has 1 atom stereocenters. The summed E-state index contributed by atoms with van der Waals surface area (Å²) < 4.78 is 10.5. The topological polar surface area (TPSA) is 71.0 Å². The van der Waals surface area contributed by atoms with Crippen LogP contribution in [0.1, 0.15) is 32.4 Å². The molecule has 1 aromatic carbocycles. The van der Waals surface area contributed by atoms with Crippen molar-refractivity contribution >= 4 is 6.09 Å². The van der Waals surface area contributed by atoms with E-state index in [-0.39, 0.29) is 17.9 Å². The van der Waals surface area contributed by atoms with Crippen LogP contribution in [0.15, 0.2) is 18.2 Å². The predicted octanol–water partition coefficient (Wildman–Crippen LogP) is 2.28. The molecule has 122 valence electrons. The van der Waals surface area contributed by atoms with E-state index in [1.165, 1.54) is 7.11 Å². The molecular formula is C16H24N2O4. The monoisotopic (exact) mass is 308 g/mol. The van der Waals surface area contributed by atoms with Crippen LogP contribution in [0.2, 0.25) is 0 Å². The van der Waals surface area contributed by atoms with Crippen LogP contribution in [0.4, 0.5) is 4.79 Å². The van der Waals surface area contributed by atoms with Crippen molar-refractivity contribution in [3.63, 3.8) is 0 Å². The zero-order valence-electron chi connectivity index (χ0n) is 13.5. The van der Waals surface area contributed by atoms with E-state index in [0.717, 1.165) is 5.56 Å². The molecule has 0 aromatic heterocycles. The Morgan fingerprint density at radius 2 is 2.14 bits per heavy atom. The molecule has 0 aliphatic carbocycles. The zero-order chi connectivity index (χ0) is 16.3. The second kappa shape index (κ2) is 6.44. The van der Waals surface area contributed by atoms with Gasteiger partial charge in [-0.3, -0.25) is 0 Å². The number of methoxy groups -OCH3 is 1. The number of aromatic hydroxyl groups is 1. The lowest BCUT2D eigenvalue weighted by atomic mass is 10.0. The maximum atomic E-state index is 12.2. The average Bonchev–Trinajstić information content (AvgIpc) is 2.45. The number of amides is 1. The van der Waals surface area contributed by atoms with Crippen molar-refractivity contribution in [2.75, 3.05) is 26.7 Å². The number of nitrogens with zero attached hydrogens (tertiary/aromatic N) is 1. The molecule has 1 fully saturated rings. The van der Waals surface area contributed by atoms with Crippen LogP contribution >= 0.6 is 0 Å². The van der Waals surface area contributed by atoms with E-state index in [9.17, 15) is 9.90 Å².